The third-order valence-electron chi connectivity index (χ3n) is 5.04. The molecule has 0 N–H and O–H groups in total. The Labute approximate surface area is 187 Å². The number of hydrogen-bond donors (Lipinski definition) is 0. The lowest BCUT2D eigenvalue weighted by molar-refractivity contribution is -0.133. The van der Waals surface area contributed by atoms with E-state index < -0.39 is 0 Å². The summed E-state index contributed by atoms with van der Waals surface area (Å²) in [5, 5.41) is 0. The molecule has 2 aromatic carbocycles. The molecular formula is C26H27FN2O3. The summed E-state index contributed by atoms with van der Waals surface area (Å²) in [7, 11) is 0. The van der Waals surface area contributed by atoms with Crippen LogP contribution in [0.4, 0.5) is 4.39 Å². The first-order valence-electron chi connectivity index (χ1n) is 10.4. The molecule has 0 aliphatic rings. The van der Waals surface area contributed by atoms with Gasteiger partial charge in [-0.15, -0.1) is 6.58 Å². The summed E-state index contributed by atoms with van der Waals surface area (Å²) in [6, 6.07) is 16.9. The molecule has 166 valence electrons. The van der Waals surface area contributed by atoms with Gasteiger partial charge in [-0.3, -0.25) is 9.59 Å². The summed E-state index contributed by atoms with van der Waals surface area (Å²) in [5.74, 6) is 0.559. The number of furan rings is 1. The monoisotopic (exact) mass is 434 g/mol. The number of nitrogens with zero attached hydrogens (tertiary/aromatic N) is 2. The number of hydrogen-bond acceptors (Lipinski definition) is 3. The van der Waals surface area contributed by atoms with Crippen LogP contribution in [0.3, 0.4) is 0 Å². The Morgan fingerprint density at radius 3 is 2.22 bits per heavy atom. The molecule has 6 heteroatoms. The van der Waals surface area contributed by atoms with Gasteiger partial charge < -0.3 is 14.2 Å². The molecule has 0 aliphatic heterocycles. The largest absolute Gasteiger partial charge is 0.464 e. The smallest absolute Gasteiger partial charge is 0.254 e. The van der Waals surface area contributed by atoms with Crippen LogP contribution in [-0.2, 0) is 17.9 Å². The number of rotatable bonds is 9. The fourth-order valence-corrected chi connectivity index (χ4v) is 3.32. The van der Waals surface area contributed by atoms with Crippen LogP contribution in [0, 0.1) is 19.7 Å². The molecule has 5 nitrogen and oxygen atoms in total. The Kier molecular flexibility index (Phi) is 7.60. The van der Waals surface area contributed by atoms with Crippen molar-refractivity contribution in [2.24, 2.45) is 0 Å². The Morgan fingerprint density at radius 2 is 1.62 bits per heavy atom. The molecule has 3 aromatic rings. The number of benzene rings is 2. The summed E-state index contributed by atoms with van der Waals surface area (Å²) in [6.07, 6.45) is 1.60. The molecule has 32 heavy (non-hydrogen) atoms. The number of halogens is 1. The number of carbonyl (C=O) groups excluding carboxylic acids is 2. The van der Waals surface area contributed by atoms with Crippen LogP contribution in [0.5, 0.6) is 0 Å². The van der Waals surface area contributed by atoms with Crippen molar-refractivity contribution in [2.75, 3.05) is 13.1 Å². The van der Waals surface area contributed by atoms with Crippen molar-refractivity contribution < 1.29 is 18.4 Å². The molecule has 0 spiro atoms. The lowest BCUT2D eigenvalue weighted by Crippen LogP contribution is -2.42. The fourth-order valence-electron chi connectivity index (χ4n) is 3.32. The highest BCUT2D eigenvalue weighted by Gasteiger charge is 2.23. The van der Waals surface area contributed by atoms with Gasteiger partial charge in [0, 0.05) is 18.7 Å². The van der Waals surface area contributed by atoms with Crippen molar-refractivity contribution in [2.45, 2.75) is 26.9 Å². The van der Waals surface area contributed by atoms with Gasteiger partial charge in [0.15, 0.2) is 0 Å². The van der Waals surface area contributed by atoms with E-state index in [1.807, 2.05) is 38.1 Å². The van der Waals surface area contributed by atoms with E-state index in [0.29, 0.717) is 11.3 Å². The van der Waals surface area contributed by atoms with E-state index in [0.717, 1.165) is 16.9 Å². The average Bonchev–Trinajstić information content (AvgIpc) is 3.19. The number of carbonyl (C=O) groups is 2. The second-order valence-corrected chi connectivity index (χ2v) is 7.73. The first kappa shape index (κ1) is 23.0. The van der Waals surface area contributed by atoms with Crippen LogP contribution in [0.15, 0.2) is 77.7 Å². The van der Waals surface area contributed by atoms with E-state index in [-0.39, 0.29) is 43.8 Å². The zero-order valence-corrected chi connectivity index (χ0v) is 18.4. The molecule has 1 heterocycles. The van der Waals surface area contributed by atoms with Crippen LogP contribution in [0.25, 0.3) is 0 Å². The minimum atomic E-state index is -0.339. The van der Waals surface area contributed by atoms with Crippen molar-refractivity contribution in [3.63, 3.8) is 0 Å². The fraction of sp³-hybridized carbons (Fsp3) is 0.231. The van der Waals surface area contributed by atoms with Crippen LogP contribution in [0.1, 0.15) is 33.0 Å². The van der Waals surface area contributed by atoms with Crippen LogP contribution in [0.2, 0.25) is 0 Å². The van der Waals surface area contributed by atoms with Crippen molar-refractivity contribution >= 4 is 11.8 Å². The van der Waals surface area contributed by atoms with Crippen LogP contribution in [-0.4, -0.2) is 34.7 Å². The molecule has 0 radical (unpaired) electrons. The highest BCUT2D eigenvalue weighted by atomic mass is 19.1. The van der Waals surface area contributed by atoms with Gasteiger partial charge in [-0.1, -0.05) is 35.9 Å². The molecule has 3 rings (SSSR count). The lowest BCUT2D eigenvalue weighted by Gasteiger charge is -2.27. The first-order chi connectivity index (χ1) is 15.4. The lowest BCUT2D eigenvalue weighted by atomic mass is 10.1. The third kappa shape index (κ3) is 6.17. The van der Waals surface area contributed by atoms with Gasteiger partial charge in [0.1, 0.15) is 23.9 Å². The molecule has 0 saturated heterocycles. The maximum absolute atomic E-state index is 13.3. The predicted molar refractivity (Wildman–Crippen MR) is 121 cm³/mol. The molecule has 0 unspecified atom stereocenters. The number of amides is 2. The van der Waals surface area contributed by atoms with Crippen molar-refractivity contribution in [1.82, 2.24) is 9.80 Å². The van der Waals surface area contributed by atoms with Gasteiger partial charge in [-0.05, 0) is 55.8 Å². The van der Waals surface area contributed by atoms with Crippen LogP contribution >= 0.6 is 0 Å². The predicted octanol–water partition coefficient (Wildman–Crippen LogP) is 4.89. The minimum Gasteiger partial charge on any atom is -0.464 e. The van der Waals surface area contributed by atoms with E-state index in [1.165, 1.54) is 17.0 Å². The molecule has 0 aliphatic carbocycles. The van der Waals surface area contributed by atoms with E-state index in [2.05, 4.69) is 6.58 Å². The van der Waals surface area contributed by atoms with Crippen molar-refractivity contribution in [3.05, 3.63) is 107 Å². The molecule has 0 atom stereocenters. The van der Waals surface area contributed by atoms with E-state index in [9.17, 15) is 14.0 Å². The zero-order chi connectivity index (χ0) is 23.1. The summed E-state index contributed by atoms with van der Waals surface area (Å²) >= 11 is 0. The average molecular weight is 435 g/mol. The topological polar surface area (TPSA) is 53.8 Å². The van der Waals surface area contributed by atoms with Gasteiger partial charge in [-0.25, -0.2) is 4.39 Å². The Bertz CT molecular complexity index is 1070. The Morgan fingerprint density at radius 1 is 0.938 bits per heavy atom. The van der Waals surface area contributed by atoms with E-state index in [4.69, 9.17) is 4.42 Å². The SMILES string of the molecule is C=CCN(CC(=O)N(Cc1ccc(F)cc1)Cc1ccc(C)o1)C(=O)c1ccc(C)cc1. The minimum absolute atomic E-state index is 0.111. The summed E-state index contributed by atoms with van der Waals surface area (Å²) < 4.78 is 19.0. The van der Waals surface area contributed by atoms with Gasteiger partial charge in [0.25, 0.3) is 5.91 Å². The van der Waals surface area contributed by atoms with Gasteiger partial charge in [-0.2, -0.15) is 0 Å². The van der Waals surface area contributed by atoms with Gasteiger partial charge in [0.05, 0.1) is 6.54 Å². The quantitative estimate of drug-likeness (QED) is 0.451. The summed E-state index contributed by atoms with van der Waals surface area (Å²) in [5.41, 5.74) is 2.34. The summed E-state index contributed by atoms with van der Waals surface area (Å²) in [6.45, 7) is 8.13. The molecule has 1 aromatic heterocycles. The second kappa shape index (κ2) is 10.6. The second-order valence-electron chi connectivity index (χ2n) is 7.73. The Balaban J connectivity index is 1.80. The molecule has 0 bridgehead atoms. The molecule has 0 saturated carbocycles. The van der Waals surface area contributed by atoms with E-state index in [1.54, 1.807) is 35.2 Å². The van der Waals surface area contributed by atoms with Gasteiger partial charge in [0.2, 0.25) is 5.91 Å². The highest BCUT2D eigenvalue weighted by molar-refractivity contribution is 5.96. The standard InChI is InChI=1S/C26H27FN2O3/c1-4-15-28(26(31)22-10-5-19(2)6-11-22)18-25(30)29(17-24-14-7-20(3)32-24)16-21-8-12-23(27)13-9-21/h4-14H,1,15-18H2,2-3H3. The highest BCUT2D eigenvalue weighted by Crippen LogP contribution is 2.15. The summed E-state index contributed by atoms with van der Waals surface area (Å²) in [4.78, 5) is 29.4. The van der Waals surface area contributed by atoms with Crippen LogP contribution < -0.4 is 0 Å². The normalized spacial score (nSPS) is 10.6. The first-order valence-corrected chi connectivity index (χ1v) is 10.4. The van der Waals surface area contributed by atoms with Crippen molar-refractivity contribution in [3.8, 4) is 0 Å². The molecule has 2 amide bonds. The number of aryl methyl sites for hydroxylation is 2. The molecule has 0 fully saturated rings. The van der Waals surface area contributed by atoms with E-state index >= 15 is 0 Å². The maximum Gasteiger partial charge on any atom is 0.254 e. The maximum atomic E-state index is 13.3. The zero-order valence-electron chi connectivity index (χ0n) is 18.4. The molecular weight excluding hydrogens is 407 g/mol. The van der Waals surface area contributed by atoms with Gasteiger partial charge >= 0.3 is 0 Å². The Hall–Kier alpha value is -3.67. The van der Waals surface area contributed by atoms with Crippen molar-refractivity contribution in [1.29, 1.82) is 0 Å². The third-order valence-corrected chi connectivity index (χ3v) is 5.04.